The van der Waals surface area contributed by atoms with Gasteiger partial charge in [-0.3, -0.25) is 4.79 Å². The summed E-state index contributed by atoms with van der Waals surface area (Å²) in [6.45, 7) is 2.04. The van der Waals surface area contributed by atoms with E-state index in [0.717, 1.165) is 30.5 Å². The second kappa shape index (κ2) is 4.88. The van der Waals surface area contributed by atoms with Gasteiger partial charge in [0.1, 0.15) is 0 Å². The van der Waals surface area contributed by atoms with E-state index in [1.807, 2.05) is 38.2 Å². The van der Waals surface area contributed by atoms with Crippen LogP contribution >= 0.6 is 0 Å². The molecule has 3 nitrogen and oxygen atoms in total. The molecule has 0 heterocycles. The Morgan fingerprint density at radius 1 is 1.45 bits per heavy atom. The number of hydrogen-bond donors (Lipinski definition) is 1. The Balaban J connectivity index is 1.65. The Labute approximate surface area is 120 Å². The highest BCUT2D eigenvalue weighted by Crippen LogP contribution is 2.60. The number of aliphatic hydroxyl groups excluding tert-OH is 1. The highest BCUT2D eigenvalue weighted by molar-refractivity contribution is 5.93. The molecule has 1 spiro atoms. The van der Waals surface area contributed by atoms with Gasteiger partial charge in [-0.25, -0.2) is 0 Å². The maximum absolute atomic E-state index is 12.4. The topological polar surface area (TPSA) is 40.5 Å². The van der Waals surface area contributed by atoms with Gasteiger partial charge in [-0.05, 0) is 55.2 Å². The summed E-state index contributed by atoms with van der Waals surface area (Å²) in [7, 11) is 1.85. The quantitative estimate of drug-likeness (QED) is 0.920. The fourth-order valence-corrected chi connectivity index (χ4v) is 3.79. The van der Waals surface area contributed by atoms with Crippen molar-refractivity contribution in [1.29, 1.82) is 0 Å². The van der Waals surface area contributed by atoms with E-state index in [9.17, 15) is 9.90 Å². The van der Waals surface area contributed by atoms with Crippen molar-refractivity contribution < 1.29 is 9.90 Å². The number of aliphatic hydroxyl groups is 1. The number of anilines is 1. The molecule has 2 aliphatic carbocycles. The molecule has 20 heavy (non-hydrogen) atoms. The Hall–Kier alpha value is -1.35. The van der Waals surface area contributed by atoms with Crippen molar-refractivity contribution in [3.63, 3.8) is 0 Å². The van der Waals surface area contributed by atoms with Gasteiger partial charge in [0.2, 0.25) is 5.91 Å². The number of carbonyl (C=O) groups is 1. The highest BCUT2D eigenvalue weighted by atomic mass is 16.3. The molecule has 2 unspecified atom stereocenters. The minimum absolute atomic E-state index is 0.0864. The van der Waals surface area contributed by atoms with Gasteiger partial charge in [-0.15, -0.1) is 0 Å². The monoisotopic (exact) mass is 273 g/mol. The van der Waals surface area contributed by atoms with Crippen molar-refractivity contribution in [2.75, 3.05) is 11.9 Å². The first-order valence-electron chi connectivity index (χ1n) is 7.54. The van der Waals surface area contributed by atoms with E-state index in [1.54, 1.807) is 4.90 Å². The molecule has 2 aliphatic rings. The van der Waals surface area contributed by atoms with Crippen LogP contribution in [0.5, 0.6) is 0 Å². The fourth-order valence-electron chi connectivity index (χ4n) is 3.79. The summed E-state index contributed by atoms with van der Waals surface area (Å²) < 4.78 is 0. The average Bonchev–Trinajstić information content (AvgIpc) is 2.35. The molecule has 0 radical (unpaired) electrons. The number of hydrogen-bond acceptors (Lipinski definition) is 2. The molecular formula is C17H23NO2. The Bertz CT molecular complexity index is 521. The summed E-state index contributed by atoms with van der Waals surface area (Å²) in [6.07, 6.45) is 4.60. The molecular weight excluding hydrogens is 250 g/mol. The number of amides is 1. The number of nitrogens with zero attached hydrogens (tertiary/aromatic N) is 1. The summed E-state index contributed by atoms with van der Waals surface area (Å²) in [5.74, 6) is 0.546. The number of aryl methyl sites for hydroxylation is 1. The first kappa shape index (κ1) is 13.6. The summed E-state index contributed by atoms with van der Waals surface area (Å²) in [5, 5.41) is 9.97. The zero-order chi connectivity index (χ0) is 14.3. The third-order valence-corrected chi connectivity index (χ3v) is 5.45. The summed E-state index contributed by atoms with van der Waals surface area (Å²) >= 11 is 0. The second-order valence-corrected chi connectivity index (χ2v) is 6.53. The van der Waals surface area contributed by atoms with Crippen LogP contribution in [0.4, 0.5) is 5.69 Å². The second-order valence-electron chi connectivity index (χ2n) is 6.53. The van der Waals surface area contributed by atoms with Crippen molar-refractivity contribution in [2.24, 2.45) is 11.3 Å². The zero-order valence-electron chi connectivity index (χ0n) is 12.3. The van der Waals surface area contributed by atoms with Crippen LogP contribution in [-0.4, -0.2) is 24.2 Å². The predicted octanol–water partition coefficient (Wildman–Crippen LogP) is 2.90. The lowest BCUT2D eigenvalue weighted by Gasteiger charge is -2.59. The van der Waals surface area contributed by atoms with E-state index in [1.165, 1.54) is 6.42 Å². The molecule has 0 aliphatic heterocycles. The van der Waals surface area contributed by atoms with Crippen molar-refractivity contribution in [2.45, 2.75) is 45.1 Å². The molecule has 1 aromatic carbocycles. The van der Waals surface area contributed by atoms with E-state index in [-0.39, 0.29) is 17.4 Å². The molecule has 3 rings (SSSR count). The lowest BCUT2D eigenvalue weighted by molar-refractivity contribution is -0.174. The van der Waals surface area contributed by atoms with Gasteiger partial charge in [0.15, 0.2) is 0 Å². The standard InChI is InChI=1S/C17H23NO2/c1-12-5-3-6-14(9-12)18(2)16(20)11-13-10-15(19)17(13)7-4-8-17/h3,5-6,9,13,15,19H,4,7-8,10-11H2,1-2H3. The van der Waals surface area contributed by atoms with E-state index >= 15 is 0 Å². The lowest BCUT2D eigenvalue weighted by atomic mass is 9.47. The van der Waals surface area contributed by atoms with Crippen LogP contribution in [-0.2, 0) is 4.79 Å². The van der Waals surface area contributed by atoms with E-state index < -0.39 is 0 Å². The van der Waals surface area contributed by atoms with Crippen LogP contribution in [0.2, 0.25) is 0 Å². The van der Waals surface area contributed by atoms with Crippen molar-refractivity contribution in [3.8, 4) is 0 Å². The molecule has 0 bridgehead atoms. The van der Waals surface area contributed by atoms with Gasteiger partial charge >= 0.3 is 0 Å². The van der Waals surface area contributed by atoms with E-state index in [0.29, 0.717) is 12.3 Å². The van der Waals surface area contributed by atoms with Crippen LogP contribution in [0.15, 0.2) is 24.3 Å². The van der Waals surface area contributed by atoms with Gasteiger partial charge in [0.25, 0.3) is 0 Å². The van der Waals surface area contributed by atoms with Gasteiger partial charge < -0.3 is 10.0 Å². The number of carbonyl (C=O) groups excluding carboxylic acids is 1. The molecule has 108 valence electrons. The minimum Gasteiger partial charge on any atom is -0.393 e. The lowest BCUT2D eigenvalue weighted by Crippen LogP contribution is -2.58. The number of benzene rings is 1. The highest BCUT2D eigenvalue weighted by Gasteiger charge is 2.57. The first-order valence-corrected chi connectivity index (χ1v) is 7.54. The smallest absolute Gasteiger partial charge is 0.227 e. The maximum Gasteiger partial charge on any atom is 0.227 e. The Morgan fingerprint density at radius 3 is 2.75 bits per heavy atom. The molecule has 2 fully saturated rings. The molecule has 2 saturated carbocycles. The maximum atomic E-state index is 12.4. The van der Waals surface area contributed by atoms with E-state index in [2.05, 4.69) is 0 Å². The van der Waals surface area contributed by atoms with Gasteiger partial charge in [-0.2, -0.15) is 0 Å². The van der Waals surface area contributed by atoms with Crippen LogP contribution in [0.25, 0.3) is 0 Å². The van der Waals surface area contributed by atoms with Gasteiger partial charge in [-0.1, -0.05) is 18.6 Å². The molecule has 0 saturated heterocycles. The number of rotatable bonds is 3. The van der Waals surface area contributed by atoms with E-state index in [4.69, 9.17) is 0 Å². The third kappa shape index (κ3) is 2.05. The molecule has 1 N–H and O–H groups in total. The average molecular weight is 273 g/mol. The molecule has 0 aromatic heterocycles. The summed E-state index contributed by atoms with van der Waals surface area (Å²) in [4.78, 5) is 14.2. The fraction of sp³-hybridized carbons (Fsp3) is 0.588. The Morgan fingerprint density at radius 2 is 2.20 bits per heavy atom. The van der Waals surface area contributed by atoms with Crippen LogP contribution < -0.4 is 4.90 Å². The predicted molar refractivity (Wildman–Crippen MR) is 79.6 cm³/mol. The summed E-state index contributed by atoms with van der Waals surface area (Å²) in [5.41, 5.74) is 2.21. The zero-order valence-corrected chi connectivity index (χ0v) is 12.3. The van der Waals surface area contributed by atoms with Gasteiger partial charge in [0.05, 0.1) is 6.10 Å². The van der Waals surface area contributed by atoms with Crippen molar-refractivity contribution in [1.82, 2.24) is 0 Å². The first-order chi connectivity index (χ1) is 9.53. The SMILES string of the molecule is Cc1cccc(N(C)C(=O)CC2CC(O)C23CCC3)c1. The largest absolute Gasteiger partial charge is 0.393 e. The van der Waals surface area contributed by atoms with Crippen molar-refractivity contribution >= 4 is 11.6 Å². The van der Waals surface area contributed by atoms with Gasteiger partial charge in [0, 0.05) is 19.2 Å². The minimum atomic E-state index is -0.168. The molecule has 1 amide bonds. The summed E-state index contributed by atoms with van der Waals surface area (Å²) in [6, 6.07) is 8.02. The molecule has 2 atom stereocenters. The van der Waals surface area contributed by atoms with Crippen LogP contribution in [0, 0.1) is 18.3 Å². The van der Waals surface area contributed by atoms with Crippen LogP contribution in [0.3, 0.4) is 0 Å². The molecule has 3 heteroatoms. The molecule has 1 aromatic rings. The van der Waals surface area contributed by atoms with Crippen molar-refractivity contribution in [3.05, 3.63) is 29.8 Å². The third-order valence-electron chi connectivity index (χ3n) is 5.45. The Kier molecular flexibility index (Phi) is 3.33. The normalized spacial score (nSPS) is 26.8. The van der Waals surface area contributed by atoms with Crippen LogP contribution in [0.1, 0.15) is 37.7 Å².